The van der Waals surface area contributed by atoms with Crippen molar-refractivity contribution in [3.63, 3.8) is 0 Å². The van der Waals surface area contributed by atoms with Gasteiger partial charge in [0.15, 0.2) is 11.5 Å². The van der Waals surface area contributed by atoms with Crippen molar-refractivity contribution < 1.29 is 14.3 Å². The van der Waals surface area contributed by atoms with E-state index in [9.17, 15) is 4.79 Å². The van der Waals surface area contributed by atoms with Crippen molar-refractivity contribution in [2.45, 2.75) is 38.3 Å². The first-order chi connectivity index (χ1) is 15.7. The Morgan fingerprint density at radius 3 is 2.78 bits per heavy atom. The van der Waals surface area contributed by atoms with Crippen LogP contribution in [0.3, 0.4) is 0 Å². The Morgan fingerprint density at radius 2 is 1.94 bits per heavy atom. The van der Waals surface area contributed by atoms with Gasteiger partial charge in [0.2, 0.25) is 6.79 Å². The van der Waals surface area contributed by atoms with E-state index < -0.39 is 0 Å². The lowest BCUT2D eigenvalue weighted by Gasteiger charge is -2.42. The standard InChI is InChI=1S/C25H32N4O3/c30-25(20-6-7-23-24(14-20)32-18-31-23)27-15-19-4-3-11-29(16-19)22-8-12-28(13-9-22)17-21-5-1-2-10-26-21/h1-2,5-7,10,14,19,22H,3-4,8-9,11-13,15-18H2,(H,27,30)/t19-/m1/s1. The summed E-state index contributed by atoms with van der Waals surface area (Å²) >= 11 is 0. The molecule has 3 aliphatic rings. The number of carbonyl (C=O) groups excluding carboxylic acids is 1. The Bertz CT molecular complexity index is 915. The zero-order valence-corrected chi connectivity index (χ0v) is 18.5. The van der Waals surface area contributed by atoms with Gasteiger partial charge < -0.3 is 14.8 Å². The number of hydrogen-bond acceptors (Lipinski definition) is 6. The molecule has 170 valence electrons. The molecule has 2 fully saturated rings. The van der Waals surface area contributed by atoms with Crippen LogP contribution in [0.2, 0.25) is 0 Å². The van der Waals surface area contributed by atoms with Crippen LogP contribution in [0.4, 0.5) is 0 Å². The third-order valence-corrected chi connectivity index (χ3v) is 6.92. The molecule has 0 radical (unpaired) electrons. The predicted molar refractivity (Wildman–Crippen MR) is 122 cm³/mol. The van der Waals surface area contributed by atoms with Crippen LogP contribution in [0.1, 0.15) is 41.7 Å². The van der Waals surface area contributed by atoms with Crippen LogP contribution in [0.5, 0.6) is 11.5 Å². The summed E-state index contributed by atoms with van der Waals surface area (Å²) in [5.74, 6) is 1.82. The van der Waals surface area contributed by atoms with E-state index in [4.69, 9.17) is 9.47 Å². The van der Waals surface area contributed by atoms with Crippen LogP contribution < -0.4 is 14.8 Å². The summed E-state index contributed by atoms with van der Waals surface area (Å²) in [4.78, 5) is 22.3. The van der Waals surface area contributed by atoms with Gasteiger partial charge in [-0.3, -0.25) is 19.6 Å². The molecule has 0 bridgehead atoms. The van der Waals surface area contributed by atoms with Crippen molar-refractivity contribution in [3.05, 3.63) is 53.9 Å². The van der Waals surface area contributed by atoms with Gasteiger partial charge in [0.25, 0.3) is 5.91 Å². The lowest BCUT2D eigenvalue weighted by Crippen LogP contribution is -2.49. The maximum atomic E-state index is 12.6. The fraction of sp³-hybridized carbons (Fsp3) is 0.520. The number of rotatable bonds is 6. The number of benzene rings is 1. The molecule has 4 heterocycles. The second-order valence-corrected chi connectivity index (χ2v) is 9.11. The molecule has 32 heavy (non-hydrogen) atoms. The summed E-state index contributed by atoms with van der Waals surface area (Å²) in [6, 6.07) is 12.2. The fourth-order valence-corrected chi connectivity index (χ4v) is 5.14. The van der Waals surface area contributed by atoms with Crippen LogP contribution in [0.15, 0.2) is 42.6 Å². The number of ether oxygens (including phenoxy) is 2. The molecule has 1 aromatic carbocycles. The first kappa shape index (κ1) is 21.2. The summed E-state index contributed by atoms with van der Waals surface area (Å²) < 4.78 is 10.7. The van der Waals surface area contributed by atoms with E-state index in [1.54, 1.807) is 18.2 Å². The van der Waals surface area contributed by atoms with Gasteiger partial charge in [-0.1, -0.05) is 6.07 Å². The lowest BCUT2D eigenvalue weighted by atomic mass is 9.93. The van der Waals surface area contributed by atoms with E-state index in [1.165, 1.54) is 32.2 Å². The van der Waals surface area contributed by atoms with E-state index in [0.29, 0.717) is 29.0 Å². The molecular formula is C25H32N4O3. The van der Waals surface area contributed by atoms with E-state index in [0.717, 1.165) is 38.4 Å². The van der Waals surface area contributed by atoms with Crippen molar-refractivity contribution in [3.8, 4) is 11.5 Å². The van der Waals surface area contributed by atoms with Crippen LogP contribution in [-0.2, 0) is 6.54 Å². The second kappa shape index (κ2) is 9.88. The number of carbonyl (C=O) groups is 1. The fourth-order valence-electron chi connectivity index (χ4n) is 5.14. The average molecular weight is 437 g/mol. The third kappa shape index (κ3) is 5.05. The molecular weight excluding hydrogens is 404 g/mol. The summed E-state index contributed by atoms with van der Waals surface area (Å²) in [7, 11) is 0. The highest BCUT2D eigenvalue weighted by molar-refractivity contribution is 5.94. The van der Waals surface area contributed by atoms with Gasteiger partial charge in [-0.2, -0.15) is 0 Å². The van der Waals surface area contributed by atoms with Crippen molar-refractivity contribution in [2.75, 3.05) is 39.5 Å². The SMILES string of the molecule is O=C(NC[C@H]1CCCN(C2CCN(Cc3ccccn3)CC2)C1)c1ccc2c(c1)OCO2. The van der Waals surface area contributed by atoms with Gasteiger partial charge in [-0.15, -0.1) is 0 Å². The number of fused-ring (bicyclic) bond motifs is 1. The van der Waals surface area contributed by atoms with E-state index >= 15 is 0 Å². The zero-order chi connectivity index (χ0) is 21.8. The second-order valence-electron chi connectivity index (χ2n) is 9.11. The number of pyridine rings is 1. The molecule has 1 amide bonds. The first-order valence-corrected chi connectivity index (χ1v) is 11.8. The molecule has 2 saturated heterocycles. The summed E-state index contributed by atoms with van der Waals surface area (Å²) in [6.45, 7) is 6.40. The highest BCUT2D eigenvalue weighted by Crippen LogP contribution is 2.32. The number of hydrogen-bond donors (Lipinski definition) is 1. The zero-order valence-electron chi connectivity index (χ0n) is 18.5. The highest BCUT2D eigenvalue weighted by atomic mass is 16.7. The maximum absolute atomic E-state index is 12.6. The molecule has 0 saturated carbocycles. The minimum atomic E-state index is -0.0387. The third-order valence-electron chi connectivity index (χ3n) is 6.92. The Kier molecular flexibility index (Phi) is 6.55. The van der Waals surface area contributed by atoms with Gasteiger partial charge in [0, 0.05) is 50.5 Å². The molecule has 3 aliphatic heterocycles. The van der Waals surface area contributed by atoms with E-state index in [1.807, 2.05) is 12.3 Å². The van der Waals surface area contributed by atoms with Gasteiger partial charge >= 0.3 is 0 Å². The Labute approximate surface area is 189 Å². The molecule has 0 unspecified atom stereocenters. The number of nitrogens with zero attached hydrogens (tertiary/aromatic N) is 3. The monoisotopic (exact) mass is 436 g/mol. The van der Waals surface area contributed by atoms with Gasteiger partial charge in [0.1, 0.15) is 0 Å². The topological polar surface area (TPSA) is 66.9 Å². The van der Waals surface area contributed by atoms with Crippen LogP contribution in [0, 0.1) is 5.92 Å². The Hall–Kier alpha value is -2.64. The molecule has 7 nitrogen and oxygen atoms in total. The predicted octanol–water partition coefficient (Wildman–Crippen LogP) is 2.92. The smallest absolute Gasteiger partial charge is 0.251 e. The molecule has 1 atom stereocenters. The van der Waals surface area contributed by atoms with Crippen LogP contribution >= 0.6 is 0 Å². The first-order valence-electron chi connectivity index (χ1n) is 11.8. The van der Waals surface area contributed by atoms with Gasteiger partial charge in [-0.05, 0) is 68.5 Å². The molecule has 0 spiro atoms. The number of amides is 1. The molecule has 5 rings (SSSR count). The number of piperidine rings is 2. The summed E-state index contributed by atoms with van der Waals surface area (Å²) in [5.41, 5.74) is 1.78. The quantitative estimate of drug-likeness (QED) is 0.751. The minimum Gasteiger partial charge on any atom is -0.454 e. The van der Waals surface area contributed by atoms with Gasteiger partial charge in [-0.25, -0.2) is 0 Å². The van der Waals surface area contributed by atoms with Crippen molar-refractivity contribution in [1.82, 2.24) is 20.1 Å². The number of nitrogens with one attached hydrogen (secondary N) is 1. The lowest BCUT2D eigenvalue weighted by molar-refractivity contribution is 0.0671. The van der Waals surface area contributed by atoms with Crippen molar-refractivity contribution in [2.24, 2.45) is 5.92 Å². The number of likely N-dealkylation sites (tertiary alicyclic amines) is 2. The highest BCUT2D eigenvalue weighted by Gasteiger charge is 2.29. The largest absolute Gasteiger partial charge is 0.454 e. The summed E-state index contributed by atoms with van der Waals surface area (Å²) in [5, 5.41) is 3.14. The Morgan fingerprint density at radius 1 is 1.06 bits per heavy atom. The maximum Gasteiger partial charge on any atom is 0.251 e. The normalized spacial score (nSPS) is 22.1. The average Bonchev–Trinajstić information content (AvgIpc) is 3.32. The molecule has 0 aliphatic carbocycles. The molecule has 7 heteroatoms. The van der Waals surface area contributed by atoms with E-state index in [2.05, 4.69) is 32.2 Å². The summed E-state index contributed by atoms with van der Waals surface area (Å²) in [6.07, 6.45) is 6.68. The van der Waals surface area contributed by atoms with Crippen molar-refractivity contribution >= 4 is 5.91 Å². The number of aromatic nitrogens is 1. The molecule has 2 aromatic rings. The van der Waals surface area contributed by atoms with Crippen LogP contribution in [-0.4, -0.2) is 66.2 Å². The minimum absolute atomic E-state index is 0.0387. The van der Waals surface area contributed by atoms with Crippen LogP contribution in [0.25, 0.3) is 0 Å². The molecule has 1 N–H and O–H groups in total. The van der Waals surface area contributed by atoms with Crippen molar-refractivity contribution in [1.29, 1.82) is 0 Å². The Balaban J connectivity index is 1.07. The van der Waals surface area contributed by atoms with Gasteiger partial charge in [0.05, 0.1) is 5.69 Å². The van der Waals surface area contributed by atoms with E-state index in [-0.39, 0.29) is 12.7 Å². The molecule has 1 aromatic heterocycles.